The van der Waals surface area contributed by atoms with Gasteiger partial charge in [0, 0.05) is 25.3 Å². The molecule has 106 valence electrons. The first-order valence-corrected chi connectivity index (χ1v) is 6.85. The quantitative estimate of drug-likeness (QED) is 0.850. The number of carbonyl (C=O) groups is 1. The van der Waals surface area contributed by atoms with Gasteiger partial charge in [-0.2, -0.15) is 0 Å². The van der Waals surface area contributed by atoms with Crippen molar-refractivity contribution in [1.82, 2.24) is 0 Å². The molecule has 0 spiro atoms. The second-order valence-corrected chi connectivity index (χ2v) is 4.50. The van der Waals surface area contributed by atoms with Gasteiger partial charge in [-0.1, -0.05) is 18.2 Å². The van der Waals surface area contributed by atoms with Crippen molar-refractivity contribution in [3.05, 3.63) is 30.3 Å². The summed E-state index contributed by atoms with van der Waals surface area (Å²) < 4.78 is 4.27. The lowest BCUT2D eigenvalue weighted by Crippen LogP contribution is -2.29. The fourth-order valence-electron chi connectivity index (χ4n) is 2.01. The highest BCUT2D eigenvalue weighted by Gasteiger charge is 2.09. The van der Waals surface area contributed by atoms with Gasteiger partial charge >= 0.3 is 5.97 Å². The molecule has 4 nitrogen and oxygen atoms in total. The number of piperidine rings is 1. The Morgan fingerprint density at radius 3 is 2.32 bits per heavy atom. The van der Waals surface area contributed by atoms with E-state index in [4.69, 9.17) is 5.73 Å². The van der Waals surface area contributed by atoms with Crippen molar-refractivity contribution in [3.63, 3.8) is 0 Å². The molecule has 0 aliphatic carbocycles. The molecule has 0 amide bonds. The third kappa shape index (κ3) is 6.25. The minimum Gasteiger partial charge on any atom is -0.469 e. The SMILES string of the molecule is COC(=O)CCN.c1ccc(N2CCCCC2)cc1. The Morgan fingerprint density at radius 1 is 1.21 bits per heavy atom. The van der Waals surface area contributed by atoms with E-state index in [0.29, 0.717) is 13.0 Å². The van der Waals surface area contributed by atoms with Crippen molar-refractivity contribution in [2.45, 2.75) is 25.7 Å². The lowest BCUT2D eigenvalue weighted by atomic mass is 10.1. The molecule has 1 fully saturated rings. The van der Waals surface area contributed by atoms with Gasteiger partial charge in [-0.05, 0) is 31.4 Å². The van der Waals surface area contributed by atoms with Gasteiger partial charge in [0.2, 0.25) is 0 Å². The predicted octanol–water partition coefficient (Wildman–Crippen LogP) is 2.19. The summed E-state index contributed by atoms with van der Waals surface area (Å²) in [6.45, 7) is 2.85. The normalized spacial score (nSPS) is 14.3. The standard InChI is InChI=1S/C11H15N.C4H9NO2/c1-3-7-11(8-4-1)12-9-5-2-6-10-12;1-7-4(6)2-3-5/h1,3-4,7-8H,2,5-6,9-10H2;2-3,5H2,1H3. The van der Waals surface area contributed by atoms with Crippen molar-refractivity contribution < 1.29 is 9.53 Å². The third-order valence-electron chi connectivity index (χ3n) is 3.05. The molecule has 0 aromatic heterocycles. The number of nitrogens with zero attached hydrogens (tertiary/aromatic N) is 1. The van der Waals surface area contributed by atoms with Gasteiger partial charge in [0.05, 0.1) is 13.5 Å². The second-order valence-electron chi connectivity index (χ2n) is 4.50. The summed E-state index contributed by atoms with van der Waals surface area (Å²) in [5.74, 6) is -0.248. The largest absolute Gasteiger partial charge is 0.469 e. The zero-order valence-electron chi connectivity index (χ0n) is 11.7. The molecule has 2 rings (SSSR count). The molecule has 1 heterocycles. The molecule has 1 aromatic rings. The number of ether oxygens (including phenoxy) is 1. The number of carbonyl (C=O) groups excluding carboxylic acids is 1. The van der Waals surface area contributed by atoms with Crippen molar-refractivity contribution in [1.29, 1.82) is 0 Å². The zero-order valence-corrected chi connectivity index (χ0v) is 11.7. The van der Waals surface area contributed by atoms with Crippen LogP contribution in [0.5, 0.6) is 0 Å². The molecule has 0 unspecified atom stereocenters. The summed E-state index contributed by atoms with van der Waals surface area (Å²) in [5, 5.41) is 0. The van der Waals surface area contributed by atoms with Crippen molar-refractivity contribution in [2.75, 3.05) is 31.6 Å². The van der Waals surface area contributed by atoms with E-state index in [2.05, 4.69) is 40.0 Å². The predicted molar refractivity (Wildman–Crippen MR) is 78.2 cm³/mol. The topological polar surface area (TPSA) is 55.6 Å². The van der Waals surface area contributed by atoms with Crippen molar-refractivity contribution in [3.8, 4) is 0 Å². The number of anilines is 1. The summed E-state index contributed by atoms with van der Waals surface area (Å²) in [4.78, 5) is 12.6. The molecule has 2 N–H and O–H groups in total. The van der Waals surface area contributed by atoms with E-state index in [9.17, 15) is 4.79 Å². The third-order valence-corrected chi connectivity index (χ3v) is 3.05. The molecule has 0 bridgehead atoms. The summed E-state index contributed by atoms with van der Waals surface area (Å²) in [7, 11) is 1.35. The lowest BCUT2D eigenvalue weighted by molar-refractivity contribution is -0.140. The molecule has 0 radical (unpaired) electrons. The molecular formula is C15H24N2O2. The van der Waals surface area contributed by atoms with Crippen molar-refractivity contribution in [2.24, 2.45) is 5.73 Å². The molecule has 1 aliphatic heterocycles. The van der Waals surface area contributed by atoms with Gasteiger partial charge in [-0.3, -0.25) is 4.79 Å². The highest BCUT2D eigenvalue weighted by molar-refractivity contribution is 5.69. The zero-order chi connectivity index (χ0) is 13.9. The molecule has 0 atom stereocenters. The first-order valence-electron chi connectivity index (χ1n) is 6.85. The van der Waals surface area contributed by atoms with Crippen LogP contribution in [0.3, 0.4) is 0 Å². The van der Waals surface area contributed by atoms with E-state index in [1.807, 2.05) is 0 Å². The first kappa shape index (κ1) is 15.5. The molecule has 4 heteroatoms. The van der Waals surface area contributed by atoms with E-state index >= 15 is 0 Å². The number of hydrogen-bond acceptors (Lipinski definition) is 4. The van der Waals surface area contributed by atoms with Gasteiger partial charge in [0.1, 0.15) is 0 Å². The molecule has 1 aromatic carbocycles. The Morgan fingerprint density at radius 2 is 1.84 bits per heavy atom. The lowest BCUT2D eigenvalue weighted by Gasteiger charge is -2.28. The van der Waals surface area contributed by atoms with Crippen LogP contribution in [0, 0.1) is 0 Å². The molecule has 0 saturated carbocycles. The van der Waals surface area contributed by atoms with E-state index in [1.165, 1.54) is 45.1 Å². The summed E-state index contributed by atoms with van der Waals surface area (Å²) in [6, 6.07) is 10.7. The summed E-state index contributed by atoms with van der Waals surface area (Å²) in [5.41, 5.74) is 6.39. The average Bonchev–Trinajstić information content (AvgIpc) is 2.50. The van der Waals surface area contributed by atoms with Crippen molar-refractivity contribution >= 4 is 11.7 Å². The van der Waals surface area contributed by atoms with Crippen LogP contribution in [0.2, 0.25) is 0 Å². The maximum absolute atomic E-state index is 10.1. The van der Waals surface area contributed by atoms with Gasteiger partial charge in [-0.25, -0.2) is 0 Å². The molecule has 19 heavy (non-hydrogen) atoms. The Kier molecular flexibility index (Phi) is 7.66. The number of nitrogens with two attached hydrogens (primary N) is 1. The second kappa shape index (κ2) is 9.39. The van der Waals surface area contributed by atoms with Gasteiger partial charge in [-0.15, -0.1) is 0 Å². The van der Waals surface area contributed by atoms with Gasteiger partial charge in [0.15, 0.2) is 0 Å². The number of hydrogen-bond donors (Lipinski definition) is 1. The smallest absolute Gasteiger partial charge is 0.306 e. The first-order chi connectivity index (χ1) is 9.27. The maximum Gasteiger partial charge on any atom is 0.306 e. The maximum atomic E-state index is 10.1. The van der Waals surface area contributed by atoms with Crippen LogP contribution in [-0.2, 0) is 9.53 Å². The van der Waals surface area contributed by atoms with E-state index < -0.39 is 0 Å². The number of methoxy groups -OCH3 is 1. The molecule has 1 aliphatic rings. The Bertz CT molecular complexity index is 348. The van der Waals surface area contributed by atoms with Crippen LogP contribution in [-0.4, -0.2) is 32.7 Å². The highest BCUT2D eigenvalue weighted by Crippen LogP contribution is 2.18. The molecular weight excluding hydrogens is 240 g/mol. The summed E-state index contributed by atoms with van der Waals surface area (Å²) >= 11 is 0. The number of para-hydroxylation sites is 1. The number of esters is 1. The van der Waals surface area contributed by atoms with E-state index in [-0.39, 0.29) is 5.97 Å². The van der Waals surface area contributed by atoms with E-state index in [1.54, 1.807) is 0 Å². The highest BCUT2D eigenvalue weighted by atomic mass is 16.5. The van der Waals surface area contributed by atoms with Crippen LogP contribution in [0.4, 0.5) is 5.69 Å². The van der Waals surface area contributed by atoms with Crippen LogP contribution < -0.4 is 10.6 Å². The fourth-order valence-corrected chi connectivity index (χ4v) is 2.01. The Hall–Kier alpha value is -1.55. The van der Waals surface area contributed by atoms with Gasteiger partial charge in [0.25, 0.3) is 0 Å². The van der Waals surface area contributed by atoms with Crippen LogP contribution in [0.25, 0.3) is 0 Å². The monoisotopic (exact) mass is 264 g/mol. The van der Waals surface area contributed by atoms with Crippen LogP contribution in [0.1, 0.15) is 25.7 Å². The number of benzene rings is 1. The minimum absolute atomic E-state index is 0.248. The minimum atomic E-state index is -0.248. The summed E-state index contributed by atoms with van der Waals surface area (Å²) in [6.07, 6.45) is 4.43. The number of rotatable bonds is 3. The Labute approximate surface area is 115 Å². The fraction of sp³-hybridized carbons (Fsp3) is 0.533. The van der Waals surface area contributed by atoms with Crippen LogP contribution >= 0.6 is 0 Å². The van der Waals surface area contributed by atoms with Crippen LogP contribution in [0.15, 0.2) is 30.3 Å². The Balaban J connectivity index is 0.000000224. The molecule has 1 saturated heterocycles. The van der Waals surface area contributed by atoms with Gasteiger partial charge < -0.3 is 15.4 Å². The average molecular weight is 264 g/mol. The van der Waals surface area contributed by atoms with E-state index in [0.717, 1.165) is 0 Å².